The molecule has 0 spiro atoms. The predicted octanol–water partition coefficient (Wildman–Crippen LogP) is 4.36. The van der Waals surface area contributed by atoms with E-state index >= 15 is 0 Å². The highest BCUT2D eigenvalue weighted by molar-refractivity contribution is 5.97. The van der Waals surface area contributed by atoms with Crippen molar-refractivity contribution in [1.29, 1.82) is 0 Å². The Balaban J connectivity index is 1.42. The molecular formula is C22H20N4O2. The number of carbonyl (C=O) groups excluding carboxylic acids is 1. The number of fused-ring (bicyclic) bond motifs is 1. The monoisotopic (exact) mass is 372 g/mol. The average Bonchev–Trinajstić information content (AvgIpc) is 3.40. The molecule has 6 heteroatoms. The molecule has 1 unspecified atom stereocenters. The van der Waals surface area contributed by atoms with Gasteiger partial charge in [-0.1, -0.05) is 29.4 Å². The number of hydrogen-bond donors (Lipinski definition) is 1. The van der Waals surface area contributed by atoms with Gasteiger partial charge in [-0.3, -0.25) is 4.79 Å². The molecule has 4 aromatic rings. The third-order valence-corrected chi connectivity index (χ3v) is 5.44. The number of nitrogens with one attached hydrogen (secondary N) is 1. The van der Waals surface area contributed by atoms with Gasteiger partial charge in [0.05, 0.1) is 0 Å². The molecule has 5 rings (SSSR count). The van der Waals surface area contributed by atoms with Gasteiger partial charge in [0, 0.05) is 41.8 Å². The molecule has 0 saturated carbocycles. The summed E-state index contributed by atoms with van der Waals surface area (Å²) < 4.78 is 5.51. The molecule has 2 aromatic carbocycles. The normalized spacial score (nSPS) is 17.0. The largest absolute Gasteiger partial charge is 0.361 e. The third kappa shape index (κ3) is 2.69. The van der Waals surface area contributed by atoms with Gasteiger partial charge in [0.15, 0.2) is 5.82 Å². The van der Waals surface area contributed by atoms with Crippen LogP contribution in [0, 0.1) is 13.8 Å². The van der Waals surface area contributed by atoms with E-state index in [2.05, 4.69) is 15.1 Å². The van der Waals surface area contributed by atoms with Crippen molar-refractivity contribution in [3.63, 3.8) is 0 Å². The first-order chi connectivity index (χ1) is 13.6. The van der Waals surface area contributed by atoms with E-state index in [1.54, 1.807) is 0 Å². The van der Waals surface area contributed by atoms with Crippen LogP contribution in [0.1, 0.15) is 29.3 Å². The van der Waals surface area contributed by atoms with Gasteiger partial charge < -0.3 is 14.4 Å². The SMILES string of the molecule is Cc1cccc(C)c1N1CC(c2noc(-c3ccc4cc[nH]c4c3)n2)CC1=O. The highest BCUT2D eigenvalue weighted by Crippen LogP contribution is 2.35. The Hall–Kier alpha value is -3.41. The van der Waals surface area contributed by atoms with Crippen LogP contribution in [0.15, 0.2) is 53.2 Å². The standard InChI is InChI=1S/C22H20N4O2/c1-13-4-3-5-14(2)20(13)26-12-17(11-19(26)27)21-24-22(28-25-21)16-7-6-15-8-9-23-18(15)10-16/h3-10,17,23H,11-12H2,1-2H3. The molecule has 1 fully saturated rings. The van der Waals surface area contributed by atoms with Crippen LogP contribution in [-0.4, -0.2) is 27.6 Å². The maximum atomic E-state index is 12.7. The lowest BCUT2D eigenvalue weighted by Gasteiger charge is -2.21. The number of carbonyl (C=O) groups is 1. The van der Waals surface area contributed by atoms with E-state index < -0.39 is 0 Å². The maximum absolute atomic E-state index is 12.7. The number of rotatable bonds is 3. The van der Waals surface area contributed by atoms with E-state index in [0.29, 0.717) is 24.7 Å². The van der Waals surface area contributed by atoms with Gasteiger partial charge in [0.25, 0.3) is 5.89 Å². The van der Waals surface area contributed by atoms with Gasteiger partial charge >= 0.3 is 0 Å². The summed E-state index contributed by atoms with van der Waals surface area (Å²) >= 11 is 0. The summed E-state index contributed by atoms with van der Waals surface area (Å²) in [5.74, 6) is 1.09. The molecule has 0 bridgehead atoms. The minimum absolute atomic E-state index is 0.0711. The van der Waals surface area contributed by atoms with E-state index in [-0.39, 0.29) is 11.8 Å². The van der Waals surface area contributed by atoms with Gasteiger partial charge in [0.2, 0.25) is 5.91 Å². The number of para-hydroxylation sites is 1. The highest BCUT2D eigenvalue weighted by atomic mass is 16.5. The molecule has 140 valence electrons. The molecule has 0 radical (unpaired) electrons. The van der Waals surface area contributed by atoms with Gasteiger partial charge in [-0.05, 0) is 48.6 Å². The van der Waals surface area contributed by atoms with Crippen LogP contribution >= 0.6 is 0 Å². The Labute approximate surface area is 162 Å². The number of aromatic nitrogens is 3. The predicted molar refractivity (Wildman–Crippen MR) is 107 cm³/mol. The van der Waals surface area contributed by atoms with Crippen LogP contribution in [0.3, 0.4) is 0 Å². The van der Waals surface area contributed by atoms with Crippen molar-refractivity contribution < 1.29 is 9.32 Å². The van der Waals surface area contributed by atoms with Crippen LogP contribution in [0.5, 0.6) is 0 Å². The van der Waals surface area contributed by atoms with Gasteiger partial charge in [-0.2, -0.15) is 4.98 Å². The van der Waals surface area contributed by atoms with E-state index in [9.17, 15) is 4.79 Å². The minimum atomic E-state index is -0.0711. The molecule has 1 amide bonds. The Morgan fingerprint density at radius 3 is 2.79 bits per heavy atom. The second-order valence-electron chi connectivity index (χ2n) is 7.38. The van der Waals surface area contributed by atoms with E-state index in [0.717, 1.165) is 33.3 Å². The molecule has 3 heterocycles. The Bertz CT molecular complexity index is 1170. The van der Waals surface area contributed by atoms with Crippen molar-refractivity contribution in [3.8, 4) is 11.5 Å². The topological polar surface area (TPSA) is 75.0 Å². The lowest BCUT2D eigenvalue weighted by molar-refractivity contribution is -0.117. The fraction of sp³-hybridized carbons (Fsp3) is 0.227. The summed E-state index contributed by atoms with van der Waals surface area (Å²) in [6.45, 7) is 4.64. The van der Waals surface area contributed by atoms with E-state index in [1.807, 2.05) is 67.4 Å². The zero-order valence-electron chi connectivity index (χ0n) is 15.8. The zero-order chi connectivity index (χ0) is 19.3. The molecule has 1 aliphatic rings. The molecule has 28 heavy (non-hydrogen) atoms. The highest BCUT2D eigenvalue weighted by Gasteiger charge is 2.35. The Morgan fingerprint density at radius 1 is 1.14 bits per heavy atom. The summed E-state index contributed by atoms with van der Waals surface area (Å²) in [4.78, 5) is 22.3. The van der Waals surface area contributed by atoms with Crippen molar-refractivity contribution in [1.82, 2.24) is 15.1 Å². The van der Waals surface area contributed by atoms with Crippen molar-refractivity contribution in [2.75, 3.05) is 11.4 Å². The third-order valence-electron chi connectivity index (χ3n) is 5.44. The Kier molecular flexibility index (Phi) is 3.79. The number of H-pyrrole nitrogens is 1. The van der Waals surface area contributed by atoms with E-state index in [4.69, 9.17) is 4.52 Å². The van der Waals surface area contributed by atoms with E-state index in [1.165, 1.54) is 0 Å². The summed E-state index contributed by atoms with van der Waals surface area (Å²) in [5.41, 5.74) is 5.08. The molecule has 6 nitrogen and oxygen atoms in total. The quantitative estimate of drug-likeness (QED) is 0.580. The van der Waals surface area contributed by atoms with Crippen LogP contribution in [0.2, 0.25) is 0 Å². The number of benzene rings is 2. The Morgan fingerprint density at radius 2 is 1.96 bits per heavy atom. The smallest absolute Gasteiger partial charge is 0.258 e. The number of amides is 1. The second kappa shape index (κ2) is 6.34. The molecule has 1 atom stereocenters. The fourth-order valence-corrected chi connectivity index (χ4v) is 4.03. The first-order valence-electron chi connectivity index (χ1n) is 9.38. The molecule has 1 saturated heterocycles. The minimum Gasteiger partial charge on any atom is -0.361 e. The van der Waals surface area contributed by atoms with Crippen LogP contribution in [-0.2, 0) is 4.79 Å². The van der Waals surface area contributed by atoms with Crippen molar-refractivity contribution in [2.45, 2.75) is 26.2 Å². The zero-order valence-corrected chi connectivity index (χ0v) is 15.8. The van der Waals surface area contributed by atoms with Gasteiger partial charge in [-0.25, -0.2) is 0 Å². The summed E-state index contributed by atoms with van der Waals surface area (Å²) in [5, 5.41) is 5.31. The van der Waals surface area contributed by atoms with Gasteiger partial charge in [-0.15, -0.1) is 0 Å². The average molecular weight is 372 g/mol. The molecular weight excluding hydrogens is 352 g/mol. The summed E-state index contributed by atoms with van der Waals surface area (Å²) in [7, 11) is 0. The number of aromatic amines is 1. The molecule has 1 N–H and O–H groups in total. The number of aryl methyl sites for hydroxylation is 2. The lowest BCUT2D eigenvalue weighted by Crippen LogP contribution is -2.26. The fourth-order valence-electron chi connectivity index (χ4n) is 4.03. The number of hydrogen-bond acceptors (Lipinski definition) is 4. The van der Waals surface area contributed by atoms with Crippen molar-refractivity contribution in [2.24, 2.45) is 0 Å². The van der Waals surface area contributed by atoms with Crippen molar-refractivity contribution >= 4 is 22.5 Å². The first kappa shape index (κ1) is 16.7. The second-order valence-corrected chi connectivity index (χ2v) is 7.38. The molecule has 1 aliphatic heterocycles. The molecule has 0 aliphatic carbocycles. The van der Waals surface area contributed by atoms with Crippen LogP contribution in [0.25, 0.3) is 22.4 Å². The first-order valence-corrected chi connectivity index (χ1v) is 9.38. The number of anilines is 1. The summed E-state index contributed by atoms with van der Waals surface area (Å²) in [6.07, 6.45) is 2.29. The maximum Gasteiger partial charge on any atom is 0.258 e. The molecule has 2 aromatic heterocycles. The summed E-state index contributed by atoms with van der Waals surface area (Å²) in [6, 6.07) is 14.1. The van der Waals surface area contributed by atoms with Gasteiger partial charge in [0.1, 0.15) is 0 Å². The number of nitrogens with zero attached hydrogens (tertiary/aromatic N) is 3. The van der Waals surface area contributed by atoms with Crippen molar-refractivity contribution in [3.05, 3.63) is 65.6 Å². The van der Waals surface area contributed by atoms with Crippen LogP contribution < -0.4 is 4.90 Å². The lowest BCUT2D eigenvalue weighted by atomic mass is 10.1. The van der Waals surface area contributed by atoms with Crippen LogP contribution in [0.4, 0.5) is 5.69 Å².